The molecule has 290 valence electrons. The van der Waals surface area contributed by atoms with Gasteiger partial charge < -0.3 is 14.9 Å². The molecule has 4 aromatic carbocycles. The number of Topliss-reactive ketones (excluding diaryl/α,β-unsaturated/α-hetero) is 2. The molecule has 1 N–H and O–H groups in total. The molecule has 0 aliphatic carbocycles. The molecule has 4 rings (SSSR count). The Bertz CT molecular complexity index is 1750. The van der Waals surface area contributed by atoms with Gasteiger partial charge in [-0.2, -0.15) is 27.0 Å². The van der Waals surface area contributed by atoms with Gasteiger partial charge in [0.2, 0.25) is 0 Å². The van der Waals surface area contributed by atoms with E-state index in [4.69, 9.17) is 51.5 Å². The van der Waals surface area contributed by atoms with Crippen LogP contribution in [-0.2, 0) is 4.74 Å². The number of ketones is 2. The molecule has 0 aromatic heterocycles. The number of ether oxygens (including phenoxy) is 1. The smallest absolute Gasteiger partial charge is 0.850 e. The Kier molecular flexibility index (Phi) is 28.8. The van der Waals surface area contributed by atoms with E-state index in [2.05, 4.69) is 4.74 Å². The number of carbonyl (C=O) groups excluding carboxylic acids is 3. The number of hydrogen-bond acceptors (Lipinski definition) is 6. The van der Waals surface area contributed by atoms with Crippen LogP contribution in [0.5, 0.6) is 0 Å². The first-order chi connectivity index (χ1) is 23.3. The average molecular weight is 885 g/mol. The second kappa shape index (κ2) is 27.3. The van der Waals surface area contributed by atoms with Crippen LogP contribution < -0.4 is 56.5 Å². The summed E-state index contributed by atoms with van der Waals surface area (Å²) in [7, 11) is 1.25. The maximum absolute atomic E-state index is 12.5. The van der Waals surface area contributed by atoms with Crippen molar-refractivity contribution in [2.75, 3.05) is 7.11 Å². The first kappa shape index (κ1) is 56.9. The third-order valence-corrected chi connectivity index (χ3v) is 8.24. The number of aromatic carboxylic acids is 1. The summed E-state index contributed by atoms with van der Waals surface area (Å²) in [5.41, 5.74) is 2.00. The van der Waals surface area contributed by atoms with E-state index in [1.165, 1.54) is 31.4 Å². The van der Waals surface area contributed by atoms with Gasteiger partial charge in [-0.25, -0.2) is 9.59 Å². The van der Waals surface area contributed by atoms with Crippen molar-refractivity contribution in [2.45, 2.75) is 72.3 Å². The van der Waals surface area contributed by atoms with Gasteiger partial charge in [-0.3, -0.25) is 9.59 Å². The Labute approximate surface area is 395 Å². The normalized spacial score (nSPS) is 11.0. The number of rotatable bonds is 10. The van der Waals surface area contributed by atoms with Crippen LogP contribution in [0.25, 0.3) is 0 Å². The topological polar surface area (TPSA) is 121 Å². The Morgan fingerprint density at radius 2 is 0.944 bits per heavy atom. The number of methoxy groups -OCH3 is 1. The van der Waals surface area contributed by atoms with Crippen molar-refractivity contribution in [1.82, 2.24) is 0 Å². The molecule has 0 radical (unpaired) electrons. The van der Waals surface area contributed by atoms with Gasteiger partial charge in [0.15, 0.2) is 11.6 Å². The number of halogens is 4. The van der Waals surface area contributed by atoms with Crippen LogP contribution in [0.2, 0.25) is 20.1 Å². The summed E-state index contributed by atoms with van der Waals surface area (Å²) >= 11 is 24.0. The monoisotopic (exact) mass is 882 g/mol. The summed E-state index contributed by atoms with van der Waals surface area (Å²) in [6, 6.07) is 25.1. The van der Waals surface area contributed by atoms with E-state index in [0.29, 0.717) is 24.0 Å². The summed E-state index contributed by atoms with van der Waals surface area (Å²) in [6.45, 7) is 8.84. The number of carboxylic acids is 1. The number of carbonyl (C=O) groups is 4. The van der Waals surface area contributed by atoms with Gasteiger partial charge in [-0.1, -0.05) is 149 Å². The second-order valence-corrected chi connectivity index (χ2v) is 14.0. The largest absolute Gasteiger partial charge is 1.00 e. The van der Waals surface area contributed by atoms with E-state index in [0.717, 1.165) is 11.1 Å². The molecule has 0 aliphatic rings. The van der Waals surface area contributed by atoms with Gasteiger partial charge in [0.05, 0.1) is 38.3 Å². The van der Waals surface area contributed by atoms with E-state index in [1.807, 2.05) is 74.5 Å². The summed E-state index contributed by atoms with van der Waals surface area (Å²) in [5, 5.41) is 19.3. The molecule has 0 spiro atoms. The van der Waals surface area contributed by atoms with Gasteiger partial charge in [0.1, 0.15) is 0 Å². The Morgan fingerprint density at radius 3 is 1.20 bits per heavy atom. The first-order valence-electron chi connectivity index (χ1n) is 15.5. The minimum absolute atomic E-state index is 0. The van der Waals surface area contributed by atoms with E-state index in [-0.39, 0.29) is 140 Å². The van der Waals surface area contributed by atoms with Crippen molar-refractivity contribution in [3.8, 4) is 0 Å². The SMILES string of the molecule is C.CC(C)(C)[O-].COC(=O)c1c(Cl)cc(C(=O)C[C@@H](C)c2ccccc2)cc1Cl.C[C@H](CC(=O)c1cc(Cl)c(C(=O)O)c(Cl)c1)c1ccccc1.S.S.[K+]. The third-order valence-electron chi connectivity index (χ3n) is 7.05. The fourth-order valence-electron chi connectivity index (χ4n) is 4.56. The van der Waals surface area contributed by atoms with E-state index in [9.17, 15) is 24.3 Å². The van der Waals surface area contributed by atoms with Gasteiger partial charge in [0.25, 0.3) is 0 Å². The molecule has 54 heavy (non-hydrogen) atoms. The summed E-state index contributed by atoms with van der Waals surface area (Å²) in [6.07, 6.45) is 0.622. The van der Waals surface area contributed by atoms with Crippen LogP contribution in [0, 0.1) is 0 Å². The zero-order valence-electron chi connectivity index (χ0n) is 30.6. The molecule has 0 amide bonds. The van der Waals surface area contributed by atoms with E-state index < -0.39 is 17.5 Å². The van der Waals surface area contributed by atoms with Crippen LogP contribution in [0.3, 0.4) is 0 Å². The zero-order valence-corrected chi connectivity index (χ0v) is 38.7. The van der Waals surface area contributed by atoms with Gasteiger partial charge in [0, 0.05) is 24.0 Å². The zero-order chi connectivity index (χ0) is 37.8. The minimum atomic E-state index is -1.22. The van der Waals surface area contributed by atoms with E-state index >= 15 is 0 Å². The molecular weight excluding hydrogens is 837 g/mol. The minimum Gasteiger partial charge on any atom is -0.850 e. The van der Waals surface area contributed by atoms with Gasteiger partial charge in [-0.15, -0.1) is 5.60 Å². The summed E-state index contributed by atoms with van der Waals surface area (Å²) in [4.78, 5) is 47.5. The van der Waals surface area contributed by atoms with Crippen molar-refractivity contribution in [3.63, 3.8) is 0 Å². The molecule has 0 unspecified atom stereocenters. The molecule has 4 aromatic rings. The number of esters is 1. The fourth-order valence-corrected chi connectivity index (χ4v) is 5.85. The van der Waals surface area contributed by atoms with Crippen LogP contribution in [0.15, 0.2) is 84.9 Å². The standard InChI is InChI=1S/C18H16Cl2O3.C17H14Cl2O3.C4H9O.CH4.K.2H2S/c1-11(12-6-4-3-5-7-12)8-16(21)13-9-14(19)17(15(20)10-13)18(22)23-2;1-10(11-5-3-2-4-6-11)7-15(20)12-8-13(18)16(17(21)22)14(19)9-12;1-4(2,3)5;;;;/h3-7,9-11H,8H2,1-2H3;2-6,8-10H,7H2,1H3,(H,21,22);1-3H3;1H4;;2*1H2/q;;-1;;+1;;/t11-;10-;;;;;/m11...../s1. The van der Waals surface area contributed by atoms with Gasteiger partial charge >= 0.3 is 63.3 Å². The Hall–Kier alpha value is -1.38. The van der Waals surface area contributed by atoms with Crippen LogP contribution in [0.1, 0.15) is 119 Å². The van der Waals surface area contributed by atoms with Crippen LogP contribution >= 0.6 is 73.4 Å². The Balaban J connectivity index is -0.000000803. The van der Waals surface area contributed by atoms with Crippen molar-refractivity contribution in [3.05, 3.63) is 138 Å². The molecule has 0 saturated heterocycles. The molecular formula is C40H47Cl4KO7S2. The number of carboxylic acid groups (broad SMARTS) is 1. The maximum atomic E-state index is 12.5. The van der Waals surface area contributed by atoms with Crippen LogP contribution in [0.4, 0.5) is 0 Å². The van der Waals surface area contributed by atoms with Crippen molar-refractivity contribution in [2.24, 2.45) is 0 Å². The fraction of sp³-hybridized carbons (Fsp3) is 0.300. The molecule has 0 fully saturated rings. The number of benzene rings is 4. The van der Waals surface area contributed by atoms with Crippen LogP contribution in [-0.4, -0.2) is 41.3 Å². The maximum Gasteiger partial charge on any atom is 1.00 e. The molecule has 2 atom stereocenters. The first-order valence-corrected chi connectivity index (χ1v) is 17.0. The molecule has 14 heteroatoms. The third kappa shape index (κ3) is 19.2. The van der Waals surface area contributed by atoms with Crippen molar-refractivity contribution >= 4 is 96.9 Å². The van der Waals surface area contributed by atoms with Gasteiger partial charge in [-0.05, 0) is 47.2 Å². The molecule has 0 bridgehead atoms. The summed E-state index contributed by atoms with van der Waals surface area (Å²) in [5.74, 6) is -1.94. The predicted octanol–water partition coefficient (Wildman–Crippen LogP) is 8.24. The predicted molar refractivity (Wildman–Crippen MR) is 226 cm³/mol. The summed E-state index contributed by atoms with van der Waals surface area (Å²) < 4.78 is 4.63. The molecule has 0 heterocycles. The molecule has 7 nitrogen and oxygen atoms in total. The Morgan fingerprint density at radius 1 is 0.667 bits per heavy atom. The average Bonchev–Trinajstić information content (AvgIpc) is 3.04. The number of hydrogen-bond donors (Lipinski definition) is 1. The second-order valence-electron chi connectivity index (χ2n) is 12.4. The van der Waals surface area contributed by atoms with E-state index in [1.54, 1.807) is 20.8 Å². The van der Waals surface area contributed by atoms with Crippen molar-refractivity contribution < 1.29 is 85.5 Å². The molecule has 0 aliphatic heterocycles. The quantitative estimate of drug-likeness (QED) is 0.0969. The van der Waals surface area contributed by atoms with Crippen molar-refractivity contribution in [1.29, 1.82) is 0 Å². The molecule has 0 saturated carbocycles.